The Hall–Kier alpha value is -2.25. The van der Waals surface area contributed by atoms with Crippen molar-refractivity contribution in [3.63, 3.8) is 0 Å². The lowest BCUT2D eigenvalue weighted by Crippen LogP contribution is -2.41. The normalized spacial score (nSPS) is 17.7. The van der Waals surface area contributed by atoms with E-state index < -0.39 is 0 Å². The van der Waals surface area contributed by atoms with Gasteiger partial charge in [-0.15, -0.1) is 6.42 Å². The molecule has 1 aliphatic heterocycles. The van der Waals surface area contributed by atoms with Gasteiger partial charge in [0.15, 0.2) is 0 Å². The van der Waals surface area contributed by atoms with Crippen LogP contribution in [0.25, 0.3) is 11.0 Å². The Morgan fingerprint density at radius 1 is 1.43 bits per heavy atom. The Bertz CT molecular complexity index is 687. The highest BCUT2D eigenvalue weighted by atomic mass is 16.3. The molecular formula is C19H22N2O2. The quantitative estimate of drug-likeness (QED) is 0.883. The molecule has 1 unspecified atom stereocenters. The zero-order valence-corrected chi connectivity index (χ0v) is 13.4. The first-order valence-electron chi connectivity index (χ1n) is 8.12. The predicted octanol–water partition coefficient (Wildman–Crippen LogP) is 2.96. The van der Waals surface area contributed by atoms with Crippen LogP contribution >= 0.6 is 0 Å². The Labute approximate surface area is 136 Å². The number of amides is 1. The fourth-order valence-electron chi connectivity index (χ4n) is 3.10. The van der Waals surface area contributed by atoms with Crippen molar-refractivity contribution >= 4 is 16.9 Å². The summed E-state index contributed by atoms with van der Waals surface area (Å²) < 4.78 is 5.82. The molecular weight excluding hydrogens is 288 g/mol. The number of para-hydroxylation sites is 1. The fourth-order valence-corrected chi connectivity index (χ4v) is 3.10. The second kappa shape index (κ2) is 6.89. The van der Waals surface area contributed by atoms with Gasteiger partial charge >= 0.3 is 0 Å². The topological polar surface area (TPSA) is 45.5 Å². The van der Waals surface area contributed by atoms with Crippen LogP contribution in [0, 0.1) is 18.3 Å². The number of benzene rings is 1. The van der Waals surface area contributed by atoms with Crippen LogP contribution in [0.5, 0.6) is 0 Å². The molecule has 1 N–H and O–H groups in total. The Morgan fingerprint density at radius 2 is 2.17 bits per heavy atom. The molecule has 0 radical (unpaired) electrons. The van der Waals surface area contributed by atoms with E-state index in [0.29, 0.717) is 6.54 Å². The first-order valence-corrected chi connectivity index (χ1v) is 8.12. The lowest BCUT2D eigenvalue weighted by atomic mass is 9.95. The first-order chi connectivity index (χ1) is 11.2. The number of fused-ring (bicyclic) bond motifs is 1. The summed E-state index contributed by atoms with van der Waals surface area (Å²) in [6, 6.07) is 9.75. The van der Waals surface area contributed by atoms with Crippen LogP contribution in [0.15, 0.2) is 34.7 Å². The summed E-state index contributed by atoms with van der Waals surface area (Å²) in [6.07, 6.45) is 7.06. The predicted molar refractivity (Wildman–Crippen MR) is 90.8 cm³/mol. The molecule has 0 aliphatic carbocycles. The molecule has 4 nitrogen and oxygen atoms in total. The highest BCUT2D eigenvalue weighted by molar-refractivity contribution is 5.80. The van der Waals surface area contributed by atoms with Crippen LogP contribution in [-0.2, 0) is 4.79 Å². The molecule has 1 aromatic carbocycles. The van der Waals surface area contributed by atoms with Crippen LogP contribution in [0.2, 0.25) is 0 Å². The van der Waals surface area contributed by atoms with Gasteiger partial charge in [-0.2, -0.15) is 0 Å². The van der Waals surface area contributed by atoms with Crippen molar-refractivity contribution in [3.8, 4) is 12.3 Å². The third-order valence-electron chi connectivity index (χ3n) is 4.50. The summed E-state index contributed by atoms with van der Waals surface area (Å²) in [6.45, 7) is 4.41. The third kappa shape index (κ3) is 3.57. The fraction of sp³-hybridized carbons (Fsp3) is 0.421. The lowest BCUT2D eigenvalue weighted by Gasteiger charge is -2.30. The second-order valence-electron chi connectivity index (χ2n) is 6.17. The van der Waals surface area contributed by atoms with Crippen LogP contribution in [-0.4, -0.2) is 30.4 Å². The number of piperidine rings is 1. The number of hydrogen-bond acceptors (Lipinski definition) is 3. The SMILES string of the molecule is C#CCN1CCC(C(=O)NC(C)c2cc3ccccc3o2)CC1. The molecule has 23 heavy (non-hydrogen) atoms. The molecule has 1 atom stereocenters. The van der Waals surface area contributed by atoms with Gasteiger partial charge < -0.3 is 9.73 Å². The maximum atomic E-state index is 12.4. The van der Waals surface area contributed by atoms with Crippen molar-refractivity contribution < 1.29 is 9.21 Å². The average Bonchev–Trinajstić information content (AvgIpc) is 3.00. The molecule has 2 aromatic rings. The molecule has 0 spiro atoms. The zero-order chi connectivity index (χ0) is 16.2. The number of nitrogens with zero attached hydrogens (tertiary/aromatic N) is 1. The van der Waals surface area contributed by atoms with Gasteiger partial charge in [-0.3, -0.25) is 9.69 Å². The first kappa shape index (κ1) is 15.6. The summed E-state index contributed by atoms with van der Waals surface area (Å²) in [5.74, 6) is 3.63. The Kier molecular flexibility index (Phi) is 4.68. The maximum absolute atomic E-state index is 12.4. The molecule has 3 rings (SSSR count). The molecule has 2 heterocycles. The minimum absolute atomic E-state index is 0.0656. The van der Waals surface area contributed by atoms with Crippen LogP contribution < -0.4 is 5.32 Å². The number of likely N-dealkylation sites (tertiary alicyclic amines) is 1. The molecule has 0 saturated carbocycles. The summed E-state index contributed by atoms with van der Waals surface area (Å²) >= 11 is 0. The van der Waals surface area contributed by atoms with Gasteiger partial charge in [0.2, 0.25) is 5.91 Å². The van der Waals surface area contributed by atoms with Gasteiger partial charge in [0.1, 0.15) is 11.3 Å². The van der Waals surface area contributed by atoms with Crippen molar-refractivity contribution in [1.82, 2.24) is 10.2 Å². The van der Waals surface area contributed by atoms with Crippen molar-refractivity contribution in [2.24, 2.45) is 5.92 Å². The average molecular weight is 310 g/mol. The van der Waals surface area contributed by atoms with Crippen molar-refractivity contribution in [2.75, 3.05) is 19.6 Å². The summed E-state index contributed by atoms with van der Waals surface area (Å²) in [4.78, 5) is 14.7. The minimum atomic E-state index is -0.126. The van der Waals surface area contributed by atoms with Gasteiger partial charge in [0.05, 0.1) is 12.6 Å². The molecule has 1 fully saturated rings. The minimum Gasteiger partial charge on any atom is -0.459 e. The summed E-state index contributed by atoms with van der Waals surface area (Å²) in [5, 5.41) is 4.14. The van der Waals surface area contributed by atoms with E-state index in [-0.39, 0.29) is 17.9 Å². The van der Waals surface area contributed by atoms with Gasteiger partial charge in [-0.25, -0.2) is 0 Å². The van der Waals surface area contributed by atoms with Gasteiger partial charge in [-0.05, 0) is 45.0 Å². The van der Waals surface area contributed by atoms with Crippen molar-refractivity contribution in [3.05, 3.63) is 36.1 Å². The van der Waals surface area contributed by atoms with Crippen molar-refractivity contribution in [2.45, 2.75) is 25.8 Å². The highest BCUT2D eigenvalue weighted by Gasteiger charge is 2.26. The van der Waals surface area contributed by atoms with E-state index in [2.05, 4.69) is 16.1 Å². The van der Waals surface area contributed by atoms with E-state index in [0.717, 1.165) is 42.7 Å². The van der Waals surface area contributed by atoms with Crippen LogP contribution in [0.4, 0.5) is 0 Å². The van der Waals surface area contributed by atoms with E-state index in [1.54, 1.807) is 0 Å². The monoisotopic (exact) mass is 310 g/mol. The smallest absolute Gasteiger partial charge is 0.223 e. The number of hydrogen-bond donors (Lipinski definition) is 1. The molecule has 4 heteroatoms. The number of carbonyl (C=O) groups excluding carboxylic acids is 1. The highest BCUT2D eigenvalue weighted by Crippen LogP contribution is 2.24. The number of rotatable bonds is 4. The lowest BCUT2D eigenvalue weighted by molar-refractivity contribution is -0.127. The molecule has 0 bridgehead atoms. The number of carbonyl (C=O) groups is 1. The van der Waals surface area contributed by atoms with Gasteiger partial charge in [-0.1, -0.05) is 24.1 Å². The van der Waals surface area contributed by atoms with E-state index >= 15 is 0 Å². The van der Waals surface area contributed by atoms with Crippen LogP contribution in [0.1, 0.15) is 31.6 Å². The number of nitrogens with one attached hydrogen (secondary N) is 1. The molecule has 1 amide bonds. The van der Waals surface area contributed by atoms with Crippen LogP contribution in [0.3, 0.4) is 0 Å². The van der Waals surface area contributed by atoms with Gasteiger partial charge in [0, 0.05) is 11.3 Å². The van der Waals surface area contributed by atoms with E-state index in [4.69, 9.17) is 10.8 Å². The number of furan rings is 1. The Balaban J connectivity index is 1.58. The summed E-state index contributed by atoms with van der Waals surface area (Å²) in [5.41, 5.74) is 0.853. The molecule has 120 valence electrons. The maximum Gasteiger partial charge on any atom is 0.223 e. The standard InChI is InChI=1S/C19H22N2O2/c1-3-10-21-11-8-15(9-12-21)19(22)20-14(2)18-13-16-6-4-5-7-17(16)23-18/h1,4-7,13-15H,8-12H2,2H3,(H,20,22). The molecule has 1 aromatic heterocycles. The zero-order valence-electron chi connectivity index (χ0n) is 13.4. The summed E-state index contributed by atoms with van der Waals surface area (Å²) in [7, 11) is 0. The van der Waals surface area contributed by atoms with E-state index in [1.807, 2.05) is 37.3 Å². The molecule has 1 saturated heterocycles. The third-order valence-corrected chi connectivity index (χ3v) is 4.50. The number of terminal acetylenes is 1. The Morgan fingerprint density at radius 3 is 2.87 bits per heavy atom. The van der Waals surface area contributed by atoms with E-state index in [1.165, 1.54) is 0 Å². The molecule has 1 aliphatic rings. The second-order valence-corrected chi connectivity index (χ2v) is 6.17. The van der Waals surface area contributed by atoms with Gasteiger partial charge in [0.25, 0.3) is 0 Å². The van der Waals surface area contributed by atoms with Crippen molar-refractivity contribution in [1.29, 1.82) is 0 Å². The van der Waals surface area contributed by atoms with E-state index in [9.17, 15) is 4.79 Å². The largest absolute Gasteiger partial charge is 0.459 e.